The molecule has 0 bridgehead atoms. The third kappa shape index (κ3) is 18.1. The maximum atomic E-state index is 12.6. The summed E-state index contributed by atoms with van der Waals surface area (Å²) < 4.78 is -0.418. The summed E-state index contributed by atoms with van der Waals surface area (Å²) in [5.74, 6) is -3.31. The summed E-state index contributed by atoms with van der Waals surface area (Å²) in [4.78, 5) is 37.8. The van der Waals surface area contributed by atoms with Gasteiger partial charge in [-0.15, -0.1) is 0 Å². The summed E-state index contributed by atoms with van der Waals surface area (Å²) in [5, 5.41) is 30.9. The van der Waals surface area contributed by atoms with Crippen molar-refractivity contribution in [1.82, 2.24) is 0 Å². The summed E-state index contributed by atoms with van der Waals surface area (Å²) in [6, 6.07) is -3.23. The van der Waals surface area contributed by atoms with Crippen LogP contribution in [0.5, 0.6) is 0 Å². The van der Waals surface area contributed by atoms with Crippen LogP contribution in [0.1, 0.15) is 188 Å². The van der Waals surface area contributed by atoms with E-state index in [1.165, 1.54) is 103 Å². The van der Waals surface area contributed by atoms with Crippen molar-refractivity contribution >= 4 is 17.9 Å². The maximum absolute atomic E-state index is 12.6. The summed E-state index contributed by atoms with van der Waals surface area (Å²) in [6.07, 6.45) is 30.7. The molecule has 0 saturated carbocycles. The lowest BCUT2D eigenvalue weighted by atomic mass is 9.91. The zero-order valence-electron chi connectivity index (χ0n) is 29.8. The third-order valence-corrected chi connectivity index (χ3v) is 9.61. The van der Waals surface area contributed by atoms with Crippen molar-refractivity contribution in [1.29, 1.82) is 0 Å². The highest BCUT2D eigenvalue weighted by atomic mass is 16.4. The molecule has 0 aromatic heterocycles. The van der Waals surface area contributed by atoms with Gasteiger partial charge in [0, 0.05) is 25.7 Å². The quantitative estimate of drug-likeness (QED) is 0.0374. The molecule has 264 valence electrons. The molecular formula is C38H72NO6+. The predicted molar refractivity (Wildman–Crippen MR) is 187 cm³/mol. The Morgan fingerprint density at radius 1 is 0.444 bits per heavy atom. The zero-order chi connectivity index (χ0) is 33.8. The van der Waals surface area contributed by atoms with Gasteiger partial charge in [0.15, 0.2) is 18.1 Å². The van der Waals surface area contributed by atoms with E-state index >= 15 is 0 Å². The molecule has 0 radical (unpaired) electrons. The molecule has 0 fully saturated rings. The van der Waals surface area contributed by atoms with Crippen LogP contribution in [-0.4, -0.2) is 62.4 Å². The van der Waals surface area contributed by atoms with Gasteiger partial charge in [-0.3, -0.25) is 4.48 Å². The van der Waals surface area contributed by atoms with Crippen LogP contribution < -0.4 is 0 Å². The third-order valence-electron chi connectivity index (χ3n) is 9.61. The second-order valence-electron chi connectivity index (χ2n) is 13.4. The van der Waals surface area contributed by atoms with Gasteiger partial charge in [0.05, 0.1) is 6.54 Å². The van der Waals surface area contributed by atoms with Crippen LogP contribution in [0.2, 0.25) is 0 Å². The predicted octanol–water partition coefficient (Wildman–Crippen LogP) is 10.6. The Hall–Kier alpha value is -1.89. The molecule has 7 nitrogen and oxygen atoms in total. The molecule has 0 aliphatic rings. The molecule has 0 aliphatic carbocycles. The van der Waals surface area contributed by atoms with E-state index in [0.717, 1.165) is 12.8 Å². The van der Waals surface area contributed by atoms with Crippen LogP contribution in [-0.2, 0) is 14.4 Å². The molecule has 7 heteroatoms. The van der Waals surface area contributed by atoms with E-state index in [4.69, 9.17) is 0 Å². The number of allylic oxidation sites excluding steroid dienone is 1. The lowest BCUT2D eigenvalue weighted by Crippen LogP contribution is -2.72. The number of aliphatic carboxylic acids is 3. The summed E-state index contributed by atoms with van der Waals surface area (Å²) in [6.45, 7) is 8.07. The van der Waals surface area contributed by atoms with E-state index in [1.807, 2.05) is 26.8 Å². The van der Waals surface area contributed by atoms with Gasteiger partial charge < -0.3 is 15.3 Å². The van der Waals surface area contributed by atoms with E-state index < -0.39 is 40.5 Å². The maximum Gasteiger partial charge on any atom is 0.362 e. The van der Waals surface area contributed by atoms with Crippen molar-refractivity contribution in [2.75, 3.05) is 6.54 Å². The van der Waals surface area contributed by atoms with Crippen LogP contribution >= 0.6 is 0 Å². The molecule has 0 amide bonds. The van der Waals surface area contributed by atoms with Crippen molar-refractivity contribution in [3.63, 3.8) is 0 Å². The second-order valence-corrected chi connectivity index (χ2v) is 13.4. The minimum absolute atomic E-state index is 0.195. The number of carbonyl (C=O) groups is 3. The minimum Gasteiger partial charge on any atom is -0.477 e. The van der Waals surface area contributed by atoms with Crippen LogP contribution in [0.3, 0.4) is 0 Å². The Balaban J connectivity index is 4.73. The van der Waals surface area contributed by atoms with Gasteiger partial charge in [-0.1, -0.05) is 143 Å². The largest absolute Gasteiger partial charge is 0.477 e. The minimum atomic E-state index is -1.10. The lowest BCUT2D eigenvalue weighted by Gasteiger charge is -2.50. The summed E-state index contributed by atoms with van der Waals surface area (Å²) in [7, 11) is 0. The summed E-state index contributed by atoms with van der Waals surface area (Å²) in [5.41, 5.74) is 0. The number of nitrogens with zero attached hydrogens (tertiary/aromatic N) is 1. The van der Waals surface area contributed by atoms with E-state index in [1.54, 1.807) is 0 Å². The molecule has 0 aromatic carbocycles. The van der Waals surface area contributed by atoms with E-state index in [2.05, 4.69) is 13.0 Å². The fraction of sp³-hybridized carbons (Fsp3) is 0.868. The zero-order valence-corrected chi connectivity index (χ0v) is 29.8. The average Bonchev–Trinajstić information content (AvgIpc) is 3.00. The molecule has 3 unspecified atom stereocenters. The van der Waals surface area contributed by atoms with E-state index in [-0.39, 0.29) is 25.8 Å². The first-order valence-corrected chi connectivity index (χ1v) is 18.9. The van der Waals surface area contributed by atoms with Crippen molar-refractivity contribution in [3.8, 4) is 0 Å². The molecule has 3 N–H and O–H groups in total. The normalized spacial score (nSPS) is 15.1. The fourth-order valence-electron chi connectivity index (χ4n) is 7.17. The van der Waals surface area contributed by atoms with Crippen LogP contribution in [0.25, 0.3) is 0 Å². The van der Waals surface area contributed by atoms with Gasteiger partial charge in [0.1, 0.15) is 0 Å². The monoisotopic (exact) mass is 639 g/mol. The molecule has 0 spiro atoms. The first-order chi connectivity index (χ1) is 21.7. The highest BCUT2D eigenvalue weighted by molar-refractivity contribution is 5.78. The van der Waals surface area contributed by atoms with Crippen LogP contribution in [0.4, 0.5) is 0 Å². The first kappa shape index (κ1) is 43.1. The number of carboxylic acid groups (broad SMARTS) is 3. The first-order valence-electron chi connectivity index (χ1n) is 18.9. The Bertz CT molecular complexity index is 722. The van der Waals surface area contributed by atoms with Gasteiger partial charge in [-0.05, 0) is 32.1 Å². The molecule has 0 saturated heterocycles. The molecule has 0 heterocycles. The Labute approximate surface area is 276 Å². The topological polar surface area (TPSA) is 112 Å². The number of unbranched alkanes of at least 4 members (excludes halogenated alkanes) is 17. The van der Waals surface area contributed by atoms with Crippen LogP contribution in [0, 0.1) is 0 Å². The van der Waals surface area contributed by atoms with Crippen molar-refractivity contribution in [2.45, 2.75) is 206 Å². The lowest BCUT2D eigenvalue weighted by molar-refractivity contribution is -0.973. The number of hydrogen-bond acceptors (Lipinski definition) is 3. The van der Waals surface area contributed by atoms with E-state index in [0.29, 0.717) is 25.7 Å². The SMILES string of the molecule is CCCCCCCCCCCCCCCCCCC/C=C/CC[N+](C(CCC)C(=O)O)(C(CCC)C(=O)O)C(CCC)C(=O)O. The molecule has 45 heavy (non-hydrogen) atoms. The Morgan fingerprint density at radius 3 is 1.02 bits per heavy atom. The Kier molecular flexibility index (Phi) is 27.2. The molecule has 0 rings (SSSR count). The number of hydrogen-bond donors (Lipinski definition) is 3. The second kappa shape index (κ2) is 28.3. The van der Waals surface area contributed by atoms with Gasteiger partial charge in [-0.25, -0.2) is 14.4 Å². The van der Waals surface area contributed by atoms with Gasteiger partial charge >= 0.3 is 17.9 Å². The molecule has 3 atom stereocenters. The van der Waals surface area contributed by atoms with Crippen LogP contribution in [0.15, 0.2) is 12.2 Å². The molecule has 0 aromatic rings. The summed E-state index contributed by atoms with van der Waals surface area (Å²) >= 11 is 0. The fourth-order valence-corrected chi connectivity index (χ4v) is 7.17. The van der Waals surface area contributed by atoms with Gasteiger partial charge in [-0.2, -0.15) is 0 Å². The van der Waals surface area contributed by atoms with Crippen molar-refractivity contribution < 1.29 is 34.2 Å². The number of carboxylic acids is 3. The van der Waals surface area contributed by atoms with E-state index in [9.17, 15) is 29.7 Å². The number of rotatable bonds is 33. The highest BCUT2D eigenvalue weighted by Crippen LogP contribution is 2.34. The van der Waals surface area contributed by atoms with Gasteiger partial charge in [0.25, 0.3) is 0 Å². The Morgan fingerprint density at radius 2 is 0.733 bits per heavy atom. The smallest absolute Gasteiger partial charge is 0.362 e. The van der Waals surface area contributed by atoms with Crippen molar-refractivity contribution in [3.05, 3.63) is 12.2 Å². The molecular weight excluding hydrogens is 566 g/mol. The highest BCUT2D eigenvalue weighted by Gasteiger charge is 2.56. The number of quaternary nitrogens is 1. The van der Waals surface area contributed by atoms with Gasteiger partial charge in [0.2, 0.25) is 0 Å². The standard InChI is InChI=1S/C38H71NO6/c1-5-9-10-11-12-13-14-15-16-17-18-19-20-21-22-23-24-25-26-27-28-32-39(33(29-6-2)36(40)41,34(30-7-3)37(42)43)35(31-8-4)38(44)45/h26-27,33-35H,5-25,28-32H2,1-4H3,(H2-,40,41,42,43,44,45)/p+1/b27-26+. The van der Waals surface area contributed by atoms with Crippen molar-refractivity contribution in [2.24, 2.45) is 0 Å². The molecule has 0 aliphatic heterocycles. The average molecular weight is 639 g/mol.